The molecule has 0 bridgehead atoms. The first-order valence-electron chi connectivity index (χ1n) is 6.29. The molecule has 1 aromatic carbocycles. The molecule has 86 valence electrons. The molecule has 2 nitrogen and oxygen atoms in total. The molecular weight excluding hydrogens is 198 g/mol. The second kappa shape index (κ2) is 4.19. The standard InChI is InChI=1S/C14H19NO/c1-10-4-5-12-11(9-10)6-8-16-14(12)13-3-2-7-15-13/h4-5,9,13-15H,2-3,6-8H2,1H3. The van der Waals surface area contributed by atoms with Crippen molar-refractivity contribution >= 4 is 0 Å². The highest BCUT2D eigenvalue weighted by Crippen LogP contribution is 2.33. The fourth-order valence-electron chi connectivity index (χ4n) is 2.92. The summed E-state index contributed by atoms with van der Waals surface area (Å²) in [5, 5.41) is 3.56. The Morgan fingerprint density at radius 3 is 3.12 bits per heavy atom. The van der Waals surface area contributed by atoms with Crippen molar-refractivity contribution in [2.75, 3.05) is 13.2 Å². The van der Waals surface area contributed by atoms with Gasteiger partial charge in [-0.2, -0.15) is 0 Å². The summed E-state index contributed by atoms with van der Waals surface area (Å²) in [5.74, 6) is 0. The first-order chi connectivity index (χ1) is 7.84. The van der Waals surface area contributed by atoms with E-state index in [-0.39, 0.29) is 6.10 Å². The van der Waals surface area contributed by atoms with Crippen LogP contribution in [0.2, 0.25) is 0 Å². The van der Waals surface area contributed by atoms with Crippen LogP contribution in [-0.4, -0.2) is 19.2 Å². The van der Waals surface area contributed by atoms with Crippen molar-refractivity contribution in [2.24, 2.45) is 0 Å². The Hall–Kier alpha value is -0.860. The van der Waals surface area contributed by atoms with Gasteiger partial charge in [0.05, 0.1) is 12.7 Å². The van der Waals surface area contributed by atoms with E-state index in [0.29, 0.717) is 6.04 Å². The number of aryl methyl sites for hydroxylation is 1. The first kappa shape index (κ1) is 10.3. The maximum Gasteiger partial charge on any atom is 0.0980 e. The van der Waals surface area contributed by atoms with Crippen LogP contribution >= 0.6 is 0 Å². The van der Waals surface area contributed by atoms with E-state index >= 15 is 0 Å². The fraction of sp³-hybridized carbons (Fsp3) is 0.571. The summed E-state index contributed by atoms with van der Waals surface area (Å²) >= 11 is 0. The van der Waals surface area contributed by atoms with Crippen molar-refractivity contribution < 1.29 is 4.74 Å². The van der Waals surface area contributed by atoms with Crippen molar-refractivity contribution in [2.45, 2.75) is 38.3 Å². The topological polar surface area (TPSA) is 21.3 Å². The third-order valence-corrected chi connectivity index (χ3v) is 3.74. The Morgan fingerprint density at radius 1 is 1.38 bits per heavy atom. The summed E-state index contributed by atoms with van der Waals surface area (Å²) in [5.41, 5.74) is 4.26. The molecule has 1 aromatic rings. The predicted octanol–water partition coefficient (Wildman–Crippen LogP) is 2.36. The van der Waals surface area contributed by atoms with Gasteiger partial charge in [0, 0.05) is 6.04 Å². The van der Waals surface area contributed by atoms with Gasteiger partial charge >= 0.3 is 0 Å². The van der Waals surface area contributed by atoms with Gasteiger partial charge in [-0.15, -0.1) is 0 Å². The molecular formula is C14H19NO. The summed E-state index contributed by atoms with van der Waals surface area (Å²) in [7, 11) is 0. The smallest absolute Gasteiger partial charge is 0.0980 e. The molecule has 2 aliphatic rings. The SMILES string of the molecule is Cc1ccc2c(c1)CCOC2C1CCCN1. The Morgan fingerprint density at radius 2 is 2.31 bits per heavy atom. The van der Waals surface area contributed by atoms with Crippen LogP contribution in [0.25, 0.3) is 0 Å². The molecule has 0 aromatic heterocycles. The number of ether oxygens (including phenoxy) is 1. The Bertz CT molecular complexity index is 382. The lowest BCUT2D eigenvalue weighted by atomic mass is 9.91. The van der Waals surface area contributed by atoms with Gasteiger partial charge in [-0.25, -0.2) is 0 Å². The normalized spacial score (nSPS) is 29.1. The zero-order valence-corrected chi connectivity index (χ0v) is 9.83. The van der Waals surface area contributed by atoms with Gasteiger partial charge in [-0.05, 0) is 43.9 Å². The maximum absolute atomic E-state index is 5.97. The largest absolute Gasteiger partial charge is 0.372 e. The van der Waals surface area contributed by atoms with E-state index in [0.717, 1.165) is 19.6 Å². The van der Waals surface area contributed by atoms with Crippen molar-refractivity contribution in [1.82, 2.24) is 5.32 Å². The van der Waals surface area contributed by atoms with Crippen molar-refractivity contribution in [1.29, 1.82) is 0 Å². The van der Waals surface area contributed by atoms with Gasteiger partial charge in [0.2, 0.25) is 0 Å². The number of rotatable bonds is 1. The number of hydrogen-bond acceptors (Lipinski definition) is 2. The molecule has 1 fully saturated rings. The molecule has 16 heavy (non-hydrogen) atoms. The Labute approximate surface area is 97.0 Å². The molecule has 2 heterocycles. The van der Waals surface area contributed by atoms with Crippen LogP contribution in [0.4, 0.5) is 0 Å². The van der Waals surface area contributed by atoms with Crippen LogP contribution in [0.3, 0.4) is 0 Å². The van der Waals surface area contributed by atoms with Gasteiger partial charge in [0.25, 0.3) is 0 Å². The lowest BCUT2D eigenvalue weighted by Crippen LogP contribution is -2.33. The van der Waals surface area contributed by atoms with Gasteiger partial charge < -0.3 is 10.1 Å². The van der Waals surface area contributed by atoms with E-state index in [1.807, 2.05) is 0 Å². The number of benzene rings is 1. The average Bonchev–Trinajstić information content (AvgIpc) is 2.81. The molecule has 3 rings (SSSR count). The number of nitrogens with one attached hydrogen (secondary N) is 1. The zero-order valence-electron chi connectivity index (χ0n) is 9.83. The molecule has 2 aliphatic heterocycles. The summed E-state index contributed by atoms with van der Waals surface area (Å²) in [6.07, 6.45) is 3.89. The Kier molecular flexibility index (Phi) is 2.70. The molecule has 0 aliphatic carbocycles. The zero-order chi connectivity index (χ0) is 11.0. The van der Waals surface area contributed by atoms with E-state index in [1.54, 1.807) is 0 Å². The van der Waals surface area contributed by atoms with Crippen LogP contribution in [-0.2, 0) is 11.2 Å². The van der Waals surface area contributed by atoms with Crippen molar-refractivity contribution in [3.05, 3.63) is 34.9 Å². The summed E-state index contributed by atoms with van der Waals surface area (Å²) < 4.78 is 5.97. The third-order valence-electron chi connectivity index (χ3n) is 3.74. The monoisotopic (exact) mass is 217 g/mol. The third kappa shape index (κ3) is 1.76. The van der Waals surface area contributed by atoms with E-state index < -0.39 is 0 Å². The van der Waals surface area contributed by atoms with Gasteiger partial charge in [0.1, 0.15) is 0 Å². The highest BCUT2D eigenvalue weighted by Gasteiger charge is 2.30. The second-order valence-corrected chi connectivity index (χ2v) is 4.95. The lowest BCUT2D eigenvalue weighted by molar-refractivity contribution is 0.0199. The Balaban J connectivity index is 1.93. The van der Waals surface area contributed by atoms with Crippen molar-refractivity contribution in [3.8, 4) is 0 Å². The second-order valence-electron chi connectivity index (χ2n) is 4.95. The minimum Gasteiger partial charge on any atom is -0.372 e. The van der Waals surface area contributed by atoms with Crippen LogP contribution < -0.4 is 5.32 Å². The number of hydrogen-bond donors (Lipinski definition) is 1. The fourth-order valence-corrected chi connectivity index (χ4v) is 2.92. The molecule has 0 spiro atoms. The molecule has 2 heteroatoms. The highest BCUT2D eigenvalue weighted by molar-refractivity contribution is 5.35. The molecule has 1 saturated heterocycles. The average molecular weight is 217 g/mol. The van der Waals surface area contributed by atoms with Gasteiger partial charge in [-0.1, -0.05) is 23.8 Å². The summed E-state index contributed by atoms with van der Waals surface area (Å²) in [6.45, 7) is 4.18. The van der Waals surface area contributed by atoms with E-state index in [1.165, 1.54) is 29.5 Å². The van der Waals surface area contributed by atoms with Gasteiger partial charge in [-0.3, -0.25) is 0 Å². The van der Waals surface area contributed by atoms with Gasteiger partial charge in [0.15, 0.2) is 0 Å². The molecule has 1 N–H and O–H groups in total. The minimum atomic E-state index is 0.284. The van der Waals surface area contributed by atoms with E-state index in [2.05, 4.69) is 30.4 Å². The first-order valence-corrected chi connectivity index (χ1v) is 6.29. The molecule has 0 radical (unpaired) electrons. The van der Waals surface area contributed by atoms with Crippen molar-refractivity contribution in [3.63, 3.8) is 0 Å². The molecule has 2 atom stereocenters. The van der Waals surface area contributed by atoms with Crippen LogP contribution in [0.5, 0.6) is 0 Å². The van der Waals surface area contributed by atoms with Crippen LogP contribution in [0.1, 0.15) is 35.6 Å². The number of fused-ring (bicyclic) bond motifs is 1. The van der Waals surface area contributed by atoms with Crippen LogP contribution in [0, 0.1) is 6.92 Å². The summed E-state index contributed by atoms with van der Waals surface area (Å²) in [4.78, 5) is 0. The maximum atomic E-state index is 5.97. The predicted molar refractivity (Wildman–Crippen MR) is 64.6 cm³/mol. The molecule has 0 saturated carbocycles. The summed E-state index contributed by atoms with van der Waals surface area (Å²) in [6, 6.07) is 7.31. The highest BCUT2D eigenvalue weighted by atomic mass is 16.5. The van der Waals surface area contributed by atoms with Crippen LogP contribution in [0.15, 0.2) is 18.2 Å². The quantitative estimate of drug-likeness (QED) is 0.779. The minimum absolute atomic E-state index is 0.284. The van der Waals surface area contributed by atoms with E-state index in [9.17, 15) is 0 Å². The lowest BCUT2D eigenvalue weighted by Gasteiger charge is -2.30. The molecule has 2 unspecified atom stereocenters. The molecule has 0 amide bonds. The van der Waals surface area contributed by atoms with E-state index in [4.69, 9.17) is 4.74 Å².